The summed E-state index contributed by atoms with van der Waals surface area (Å²) in [7, 11) is 2.10. The van der Waals surface area contributed by atoms with Crippen LogP contribution in [0.1, 0.15) is 41.5 Å². The summed E-state index contributed by atoms with van der Waals surface area (Å²) in [5.41, 5.74) is 1.02. The van der Waals surface area contributed by atoms with Gasteiger partial charge in [0, 0.05) is 18.3 Å². The lowest BCUT2D eigenvalue weighted by Gasteiger charge is -2.33. The minimum atomic E-state index is -0.699. The van der Waals surface area contributed by atoms with Crippen LogP contribution in [0.5, 0.6) is 5.75 Å². The zero-order valence-electron chi connectivity index (χ0n) is 18.9. The van der Waals surface area contributed by atoms with Crippen molar-refractivity contribution in [1.82, 2.24) is 19.6 Å². The Morgan fingerprint density at radius 3 is 2.64 bits per heavy atom. The average Bonchev–Trinajstić information content (AvgIpc) is 3.09. The molecule has 1 aliphatic rings. The molecule has 0 bridgehead atoms. The van der Waals surface area contributed by atoms with Crippen LogP contribution in [0, 0.1) is 24.5 Å². The summed E-state index contributed by atoms with van der Waals surface area (Å²) in [6.45, 7) is 5.44. The van der Waals surface area contributed by atoms with E-state index in [1.807, 2.05) is 6.92 Å². The molecule has 3 heterocycles. The first-order valence-corrected chi connectivity index (χ1v) is 11.4. The molecule has 4 rings (SSSR count). The maximum atomic E-state index is 14.0. The smallest absolute Gasteiger partial charge is 0.270 e. The van der Waals surface area contributed by atoms with Gasteiger partial charge in [-0.05, 0) is 64.9 Å². The molecule has 1 aliphatic heterocycles. The molecule has 1 atom stereocenters. The number of benzene rings is 1. The van der Waals surface area contributed by atoms with Gasteiger partial charge >= 0.3 is 0 Å². The van der Waals surface area contributed by atoms with E-state index in [0.29, 0.717) is 28.0 Å². The summed E-state index contributed by atoms with van der Waals surface area (Å²) in [5.74, 6) is -1.01. The van der Waals surface area contributed by atoms with Gasteiger partial charge in [0.1, 0.15) is 23.9 Å². The molecule has 0 saturated carbocycles. The molecule has 1 amide bonds. The molecule has 1 aromatic carbocycles. The van der Waals surface area contributed by atoms with Crippen molar-refractivity contribution in [1.29, 1.82) is 0 Å². The number of fused-ring (bicyclic) bond motifs is 1. The predicted octanol–water partition coefficient (Wildman–Crippen LogP) is 4.61. The number of likely N-dealkylation sites (tertiary alicyclic amines) is 1. The third-order valence-corrected chi connectivity index (χ3v) is 6.51. The molecule has 1 N–H and O–H groups in total. The number of aromatic nitrogens is 2. The Morgan fingerprint density at radius 2 is 1.97 bits per heavy atom. The van der Waals surface area contributed by atoms with Gasteiger partial charge in [0.15, 0.2) is 11.4 Å². The highest BCUT2D eigenvalue weighted by Gasteiger charge is 2.26. The highest BCUT2D eigenvalue weighted by molar-refractivity contribution is 6.30. The number of carbonyl (C=O) groups is 1. The van der Waals surface area contributed by atoms with E-state index in [-0.39, 0.29) is 29.9 Å². The van der Waals surface area contributed by atoms with Crippen molar-refractivity contribution in [2.45, 2.75) is 39.3 Å². The van der Waals surface area contributed by atoms with Crippen molar-refractivity contribution in [3.05, 3.63) is 64.1 Å². The SMILES string of the molecule is Cc1nc2c(OCc3c(F)cccc3F)cc(Cl)cn2c1C(=O)NC(C)C1CCN(C)CC1. The number of hydrogen-bond donors (Lipinski definition) is 1. The molecule has 6 nitrogen and oxygen atoms in total. The standard InChI is InChI=1S/C24H27ClF2N4O2/c1-14(16-7-9-30(3)10-8-16)29-24(32)22-15(2)28-23-21(11-17(25)12-31(22)23)33-13-18-19(26)5-4-6-20(18)27/h4-6,11-12,14,16H,7-10,13H2,1-3H3,(H,29,32). The van der Waals surface area contributed by atoms with Crippen LogP contribution in [0.25, 0.3) is 5.65 Å². The van der Waals surface area contributed by atoms with Crippen LogP contribution in [-0.2, 0) is 6.61 Å². The van der Waals surface area contributed by atoms with E-state index in [9.17, 15) is 13.6 Å². The number of nitrogens with one attached hydrogen (secondary N) is 1. The number of carbonyl (C=O) groups excluding carboxylic acids is 1. The number of nitrogens with zero attached hydrogens (tertiary/aromatic N) is 3. The Kier molecular flexibility index (Phi) is 6.86. The number of amides is 1. The zero-order valence-corrected chi connectivity index (χ0v) is 19.6. The molecule has 1 fully saturated rings. The molecule has 0 spiro atoms. The van der Waals surface area contributed by atoms with E-state index in [1.165, 1.54) is 24.3 Å². The molecule has 33 heavy (non-hydrogen) atoms. The van der Waals surface area contributed by atoms with Crippen LogP contribution in [0.15, 0.2) is 30.5 Å². The summed E-state index contributed by atoms with van der Waals surface area (Å²) in [5, 5.41) is 3.42. The maximum absolute atomic E-state index is 14.0. The second-order valence-electron chi connectivity index (χ2n) is 8.65. The Morgan fingerprint density at radius 1 is 1.30 bits per heavy atom. The summed E-state index contributed by atoms with van der Waals surface area (Å²) in [6.07, 6.45) is 3.64. The lowest BCUT2D eigenvalue weighted by atomic mass is 9.90. The van der Waals surface area contributed by atoms with Gasteiger partial charge in [0.25, 0.3) is 5.91 Å². The Balaban J connectivity index is 1.58. The van der Waals surface area contributed by atoms with E-state index in [1.54, 1.807) is 17.5 Å². The highest BCUT2D eigenvalue weighted by atomic mass is 35.5. The van der Waals surface area contributed by atoms with Crippen molar-refractivity contribution >= 4 is 23.2 Å². The lowest BCUT2D eigenvalue weighted by Crippen LogP contribution is -2.43. The minimum absolute atomic E-state index is 0.00934. The second-order valence-corrected chi connectivity index (χ2v) is 9.09. The van der Waals surface area contributed by atoms with E-state index in [4.69, 9.17) is 16.3 Å². The fourth-order valence-corrected chi connectivity index (χ4v) is 4.51. The molecule has 0 aliphatic carbocycles. The van der Waals surface area contributed by atoms with E-state index >= 15 is 0 Å². The van der Waals surface area contributed by atoms with Gasteiger partial charge in [-0.3, -0.25) is 9.20 Å². The van der Waals surface area contributed by atoms with Gasteiger partial charge in [-0.1, -0.05) is 17.7 Å². The first-order chi connectivity index (χ1) is 15.7. The van der Waals surface area contributed by atoms with Gasteiger partial charge < -0.3 is 15.0 Å². The third kappa shape index (κ3) is 4.96. The van der Waals surface area contributed by atoms with Crippen molar-refractivity contribution in [2.75, 3.05) is 20.1 Å². The topological polar surface area (TPSA) is 58.9 Å². The number of ether oxygens (including phenoxy) is 1. The largest absolute Gasteiger partial charge is 0.485 e. The summed E-state index contributed by atoms with van der Waals surface area (Å²) in [6, 6.07) is 5.16. The monoisotopic (exact) mass is 476 g/mol. The minimum Gasteiger partial charge on any atom is -0.485 e. The van der Waals surface area contributed by atoms with E-state index in [0.717, 1.165) is 25.9 Å². The van der Waals surface area contributed by atoms with Gasteiger partial charge in [-0.15, -0.1) is 0 Å². The maximum Gasteiger partial charge on any atom is 0.270 e. The number of pyridine rings is 1. The molecule has 2 aromatic heterocycles. The van der Waals surface area contributed by atoms with Gasteiger partial charge in [-0.2, -0.15) is 0 Å². The van der Waals surface area contributed by atoms with Crippen LogP contribution in [0.4, 0.5) is 8.78 Å². The van der Waals surface area contributed by atoms with Gasteiger partial charge in [0.2, 0.25) is 0 Å². The Bertz CT molecular complexity index is 1150. The lowest BCUT2D eigenvalue weighted by molar-refractivity contribution is 0.0903. The molecule has 1 saturated heterocycles. The highest BCUT2D eigenvalue weighted by Crippen LogP contribution is 2.28. The number of piperidine rings is 1. The summed E-state index contributed by atoms with van der Waals surface area (Å²) >= 11 is 6.28. The fraction of sp³-hybridized carbons (Fsp3) is 0.417. The fourth-order valence-electron chi connectivity index (χ4n) is 4.32. The van der Waals surface area contributed by atoms with E-state index in [2.05, 4.69) is 22.2 Å². The molecular weight excluding hydrogens is 450 g/mol. The first-order valence-electron chi connectivity index (χ1n) is 11.0. The number of imidazole rings is 1. The molecule has 176 valence electrons. The number of hydrogen-bond acceptors (Lipinski definition) is 4. The zero-order chi connectivity index (χ0) is 23.7. The van der Waals surface area contributed by atoms with Gasteiger partial charge in [-0.25, -0.2) is 13.8 Å². The van der Waals surface area contributed by atoms with E-state index < -0.39 is 11.6 Å². The molecule has 0 radical (unpaired) electrons. The number of rotatable bonds is 6. The van der Waals surface area contributed by atoms with Crippen LogP contribution in [0.2, 0.25) is 5.02 Å². The number of halogens is 3. The Hall–Kier alpha value is -2.71. The molecule has 3 aromatic rings. The van der Waals surface area contributed by atoms with Crippen LogP contribution >= 0.6 is 11.6 Å². The number of aryl methyl sites for hydroxylation is 1. The van der Waals surface area contributed by atoms with Crippen molar-refractivity contribution in [2.24, 2.45) is 5.92 Å². The van der Waals surface area contributed by atoms with Crippen molar-refractivity contribution in [3.63, 3.8) is 0 Å². The molecule has 1 unspecified atom stereocenters. The van der Waals surface area contributed by atoms with Crippen LogP contribution < -0.4 is 10.1 Å². The summed E-state index contributed by atoms with van der Waals surface area (Å²) < 4.78 is 35.3. The van der Waals surface area contributed by atoms with Crippen molar-refractivity contribution < 1.29 is 18.3 Å². The van der Waals surface area contributed by atoms with Gasteiger partial charge in [0.05, 0.1) is 16.3 Å². The van der Waals surface area contributed by atoms with Crippen LogP contribution in [0.3, 0.4) is 0 Å². The predicted molar refractivity (Wildman–Crippen MR) is 123 cm³/mol. The second kappa shape index (κ2) is 9.65. The normalized spacial score (nSPS) is 16.2. The van der Waals surface area contributed by atoms with Crippen molar-refractivity contribution in [3.8, 4) is 5.75 Å². The Labute approximate surface area is 196 Å². The average molecular weight is 477 g/mol. The van der Waals surface area contributed by atoms with Crippen LogP contribution in [-0.4, -0.2) is 46.4 Å². The third-order valence-electron chi connectivity index (χ3n) is 6.31. The summed E-state index contributed by atoms with van der Waals surface area (Å²) in [4.78, 5) is 20.0. The molecular formula is C24H27ClF2N4O2. The molecule has 9 heteroatoms. The first kappa shape index (κ1) is 23.4. The quantitative estimate of drug-likeness (QED) is 0.564.